The van der Waals surface area contributed by atoms with Crippen molar-refractivity contribution < 1.29 is 9.59 Å². The van der Waals surface area contributed by atoms with Gasteiger partial charge < -0.3 is 16.8 Å². The maximum atomic E-state index is 11.6. The molecule has 5 nitrogen and oxygen atoms in total. The van der Waals surface area contributed by atoms with E-state index in [2.05, 4.69) is 5.32 Å². The second-order valence-corrected chi connectivity index (χ2v) is 3.84. The second-order valence-electron chi connectivity index (χ2n) is 3.84. The Labute approximate surface area is 100 Å². The third-order valence-electron chi connectivity index (χ3n) is 2.30. The Hall–Kier alpha value is -1.88. The highest BCUT2D eigenvalue weighted by molar-refractivity contribution is 5.94. The van der Waals surface area contributed by atoms with Crippen molar-refractivity contribution in [2.75, 3.05) is 6.54 Å². The topological polar surface area (TPSA) is 98.2 Å². The van der Waals surface area contributed by atoms with E-state index in [0.29, 0.717) is 18.5 Å². The van der Waals surface area contributed by atoms with Gasteiger partial charge in [0.05, 0.1) is 0 Å². The zero-order valence-electron chi connectivity index (χ0n) is 9.56. The molecule has 5 N–H and O–H groups in total. The molecule has 0 saturated heterocycles. The van der Waals surface area contributed by atoms with Gasteiger partial charge in [-0.05, 0) is 18.6 Å². The standard InChI is InChI=1S/C12H17N3O2/c13-10(8-11(14)16)6-7-15-12(17)9-4-2-1-3-5-9/h1-5,10H,6-8,13H2,(H2,14,16)(H,15,17)/t10-/m1/s1. The van der Waals surface area contributed by atoms with Gasteiger partial charge in [-0.25, -0.2) is 0 Å². The Morgan fingerprint density at radius 1 is 1.24 bits per heavy atom. The van der Waals surface area contributed by atoms with Gasteiger partial charge in [-0.2, -0.15) is 0 Å². The van der Waals surface area contributed by atoms with Crippen molar-refractivity contribution >= 4 is 11.8 Å². The van der Waals surface area contributed by atoms with Crippen LogP contribution in [0.1, 0.15) is 23.2 Å². The fourth-order valence-corrected chi connectivity index (χ4v) is 1.42. The van der Waals surface area contributed by atoms with Crippen LogP contribution in [-0.4, -0.2) is 24.4 Å². The van der Waals surface area contributed by atoms with Crippen molar-refractivity contribution in [1.82, 2.24) is 5.32 Å². The molecule has 1 aromatic rings. The molecule has 0 unspecified atom stereocenters. The van der Waals surface area contributed by atoms with Crippen LogP contribution in [0.5, 0.6) is 0 Å². The summed E-state index contributed by atoms with van der Waals surface area (Å²) in [5.74, 6) is -0.566. The predicted octanol–water partition coefficient (Wildman–Crippen LogP) is 0.00920. The molecule has 0 radical (unpaired) electrons. The first-order valence-electron chi connectivity index (χ1n) is 5.46. The lowest BCUT2D eigenvalue weighted by Crippen LogP contribution is -2.33. The average molecular weight is 235 g/mol. The number of benzene rings is 1. The Bertz CT molecular complexity index is 379. The van der Waals surface area contributed by atoms with Gasteiger partial charge in [0, 0.05) is 24.6 Å². The van der Waals surface area contributed by atoms with E-state index < -0.39 is 5.91 Å². The van der Waals surface area contributed by atoms with Crippen LogP contribution in [0.3, 0.4) is 0 Å². The van der Waals surface area contributed by atoms with Crippen LogP contribution < -0.4 is 16.8 Å². The minimum Gasteiger partial charge on any atom is -0.370 e. The Morgan fingerprint density at radius 2 is 1.88 bits per heavy atom. The van der Waals surface area contributed by atoms with Gasteiger partial charge in [0.15, 0.2) is 0 Å². The van der Waals surface area contributed by atoms with E-state index in [4.69, 9.17) is 11.5 Å². The number of primary amides is 1. The zero-order valence-corrected chi connectivity index (χ0v) is 9.56. The van der Waals surface area contributed by atoms with Gasteiger partial charge in [0.1, 0.15) is 0 Å². The lowest BCUT2D eigenvalue weighted by molar-refractivity contribution is -0.118. The summed E-state index contributed by atoms with van der Waals surface area (Å²) in [5, 5.41) is 2.73. The molecule has 0 aliphatic carbocycles. The van der Waals surface area contributed by atoms with Crippen LogP contribution in [0, 0.1) is 0 Å². The number of carbonyl (C=O) groups is 2. The minimum atomic E-state index is -0.424. The van der Waals surface area contributed by atoms with Gasteiger partial charge in [0.2, 0.25) is 5.91 Å². The maximum absolute atomic E-state index is 11.6. The molecule has 0 bridgehead atoms. The van der Waals surface area contributed by atoms with E-state index in [-0.39, 0.29) is 18.4 Å². The minimum absolute atomic E-state index is 0.140. The van der Waals surface area contributed by atoms with Crippen molar-refractivity contribution in [3.8, 4) is 0 Å². The zero-order chi connectivity index (χ0) is 12.7. The smallest absolute Gasteiger partial charge is 0.251 e. The molecule has 0 aromatic heterocycles. The summed E-state index contributed by atoms with van der Waals surface area (Å²) in [6, 6.07) is 8.61. The van der Waals surface area contributed by atoms with Crippen molar-refractivity contribution in [1.29, 1.82) is 0 Å². The molecule has 1 aromatic carbocycles. The first-order valence-corrected chi connectivity index (χ1v) is 5.46. The molecule has 92 valence electrons. The Kier molecular flexibility index (Phi) is 5.16. The quantitative estimate of drug-likeness (QED) is 0.647. The third kappa shape index (κ3) is 5.12. The molecule has 0 aliphatic rings. The van der Waals surface area contributed by atoms with Crippen molar-refractivity contribution in [3.63, 3.8) is 0 Å². The summed E-state index contributed by atoms with van der Waals surface area (Å²) >= 11 is 0. The van der Waals surface area contributed by atoms with Gasteiger partial charge in [-0.1, -0.05) is 18.2 Å². The SMILES string of the molecule is NC(=O)C[C@H](N)CCNC(=O)c1ccccc1. The molecule has 0 aliphatic heterocycles. The Balaban J connectivity index is 2.28. The highest BCUT2D eigenvalue weighted by Gasteiger charge is 2.08. The van der Waals surface area contributed by atoms with E-state index in [1.807, 2.05) is 6.07 Å². The number of nitrogens with one attached hydrogen (secondary N) is 1. The normalized spacial score (nSPS) is 11.8. The van der Waals surface area contributed by atoms with Gasteiger partial charge in [-0.15, -0.1) is 0 Å². The second kappa shape index (κ2) is 6.65. The molecule has 17 heavy (non-hydrogen) atoms. The van der Waals surface area contributed by atoms with E-state index in [1.54, 1.807) is 24.3 Å². The van der Waals surface area contributed by atoms with Crippen molar-refractivity contribution in [2.45, 2.75) is 18.9 Å². The fourth-order valence-electron chi connectivity index (χ4n) is 1.42. The first-order chi connectivity index (χ1) is 8.09. The van der Waals surface area contributed by atoms with Crippen LogP contribution in [0.4, 0.5) is 0 Å². The van der Waals surface area contributed by atoms with Crippen LogP contribution in [-0.2, 0) is 4.79 Å². The molecular formula is C12H17N3O2. The molecule has 1 rings (SSSR count). The lowest BCUT2D eigenvalue weighted by atomic mass is 10.1. The molecule has 0 saturated carbocycles. The number of amides is 2. The van der Waals surface area contributed by atoms with Gasteiger partial charge in [0.25, 0.3) is 5.91 Å². The number of hydrogen-bond donors (Lipinski definition) is 3. The van der Waals surface area contributed by atoms with Crippen molar-refractivity contribution in [2.24, 2.45) is 11.5 Å². The summed E-state index contributed by atoms with van der Waals surface area (Å²) in [6.07, 6.45) is 0.669. The predicted molar refractivity (Wildman–Crippen MR) is 65.2 cm³/mol. The van der Waals surface area contributed by atoms with Gasteiger partial charge in [-0.3, -0.25) is 9.59 Å². The first kappa shape index (κ1) is 13.2. The van der Waals surface area contributed by atoms with Crippen LogP contribution >= 0.6 is 0 Å². The lowest BCUT2D eigenvalue weighted by Gasteiger charge is -2.10. The average Bonchev–Trinajstić information content (AvgIpc) is 2.29. The Morgan fingerprint density at radius 3 is 2.47 bits per heavy atom. The molecule has 0 fully saturated rings. The summed E-state index contributed by atoms with van der Waals surface area (Å²) in [6.45, 7) is 0.433. The molecule has 0 heterocycles. The van der Waals surface area contributed by atoms with Crippen molar-refractivity contribution in [3.05, 3.63) is 35.9 Å². The molecule has 1 atom stereocenters. The van der Waals surface area contributed by atoms with E-state index >= 15 is 0 Å². The molecular weight excluding hydrogens is 218 g/mol. The van der Waals surface area contributed by atoms with E-state index in [0.717, 1.165) is 0 Å². The summed E-state index contributed by atoms with van der Waals surface area (Å²) in [7, 11) is 0. The number of hydrogen-bond acceptors (Lipinski definition) is 3. The van der Waals surface area contributed by atoms with Gasteiger partial charge >= 0.3 is 0 Å². The maximum Gasteiger partial charge on any atom is 0.251 e. The van der Waals surface area contributed by atoms with E-state index in [9.17, 15) is 9.59 Å². The highest BCUT2D eigenvalue weighted by atomic mass is 16.2. The summed E-state index contributed by atoms with van der Waals surface area (Å²) < 4.78 is 0. The van der Waals surface area contributed by atoms with Crippen LogP contribution in [0.25, 0.3) is 0 Å². The van der Waals surface area contributed by atoms with E-state index in [1.165, 1.54) is 0 Å². The molecule has 0 spiro atoms. The molecule has 2 amide bonds. The fraction of sp³-hybridized carbons (Fsp3) is 0.333. The van der Waals surface area contributed by atoms with Crippen LogP contribution in [0.2, 0.25) is 0 Å². The summed E-state index contributed by atoms with van der Waals surface area (Å²) in [5.41, 5.74) is 11.3. The molecule has 5 heteroatoms. The monoisotopic (exact) mass is 235 g/mol. The van der Waals surface area contributed by atoms with Crippen LogP contribution in [0.15, 0.2) is 30.3 Å². The number of rotatable bonds is 6. The number of nitrogens with two attached hydrogens (primary N) is 2. The highest BCUT2D eigenvalue weighted by Crippen LogP contribution is 1.98. The summed E-state index contributed by atoms with van der Waals surface area (Å²) in [4.78, 5) is 22.2. The third-order valence-corrected chi connectivity index (χ3v) is 2.30. The largest absolute Gasteiger partial charge is 0.370 e. The number of carbonyl (C=O) groups excluding carboxylic acids is 2.